The average Bonchev–Trinajstić information content (AvgIpc) is 2.81. The first-order chi connectivity index (χ1) is 9.66. The van der Waals surface area contributed by atoms with Gasteiger partial charge in [0.25, 0.3) is 0 Å². The summed E-state index contributed by atoms with van der Waals surface area (Å²) in [5, 5.41) is 3.51. The molecule has 21 heavy (non-hydrogen) atoms. The molecule has 0 aromatic rings. The van der Waals surface area contributed by atoms with Gasteiger partial charge in [-0.3, -0.25) is 4.90 Å². The Bertz CT molecular complexity index is 278. The highest BCUT2D eigenvalue weighted by Gasteiger charge is 2.19. The molecule has 1 aliphatic rings. The summed E-state index contributed by atoms with van der Waals surface area (Å²) in [4.78, 5) is 5.13. The number of thiol groups is 2. The van der Waals surface area contributed by atoms with Crippen molar-refractivity contribution in [2.75, 3.05) is 52.4 Å². The lowest BCUT2D eigenvalue weighted by molar-refractivity contribution is 0.214. The smallest absolute Gasteiger partial charge is 0.0200 e. The molecule has 0 aromatic carbocycles. The lowest BCUT2D eigenvalue weighted by Gasteiger charge is -2.31. The molecule has 0 spiro atoms. The van der Waals surface area contributed by atoms with Gasteiger partial charge >= 0.3 is 0 Å². The number of nitrogens with zero attached hydrogens (tertiary/aromatic N) is 2. The van der Waals surface area contributed by atoms with E-state index in [1.807, 2.05) is 0 Å². The summed E-state index contributed by atoms with van der Waals surface area (Å²) in [6, 6.07) is 0. The molecule has 0 amide bonds. The van der Waals surface area contributed by atoms with Gasteiger partial charge in [-0.25, -0.2) is 0 Å². The summed E-state index contributed by atoms with van der Waals surface area (Å²) in [7, 11) is 0. The predicted molar refractivity (Wildman–Crippen MR) is 101 cm³/mol. The number of likely N-dealkylation sites (tertiary alicyclic amines) is 1. The molecule has 0 bridgehead atoms. The molecule has 1 heterocycles. The van der Waals surface area contributed by atoms with Crippen molar-refractivity contribution in [3.8, 4) is 0 Å². The quantitative estimate of drug-likeness (QED) is 0.421. The molecule has 0 radical (unpaired) electrons. The van der Waals surface area contributed by atoms with Gasteiger partial charge in [0.05, 0.1) is 0 Å². The van der Waals surface area contributed by atoms with Crippen molar-refractivity contribution < 1.29 is 0 Å². The van der Waals surface area contributed by atoms with E-state index in [0.717, 1.165) is 32.7 Å². The van der Waals surface area contributed by atoms with Crippen LogP contribution in [0.1, 0.15) is 40.5 Å². The normalized spacial score (nSPS) is 17.9. The van der Waals surface area contributed by atoms with Crippen molar-refractivity contribution in [1.29, 1.82) is 0 Å². The van der Waals surface area contributed by atoms with E-state index in [-0.39, 0.29) is 9.49 Å². The van der Waals surface area contributed by atoms with Crippen LogP contribution in [0.5, 0.6) is 0 Å². The van der Waals surface area contributed by atoms with E-state index in [2.05, 4.69) is 55.4 Å². The van der Waals surface area contributed by atoms with Crippen LogP contribution >= 0.6 is 25.3 Å². The van der Waals surface area contributed by atoms with E-state index in [9.17, 15) is 0 Å². The number of hydrogen-bond acceptors (Lipinski definition) is 5. The summed E-state index contributed by atoms with van der Waals surface area (Å²) >= 11 is 9.25. The molecule has 3 nitrogen and oxygen atoms in total. The Morgan fingerprint density at radius 3 is 2.14 bits per heavy atom. The van der Waals surface area contributed by atoms with Crippen molar-refractivity contribution in [3.05, 3.63) is 0 Å². The topological polar surface area (TPSA) is 18.5 Å². The molecule has 1 rings (SSSR count). The van der Waals surface area contributed by atoms with Gasteiger partial charge in [-0.2, -0.15) is 25.3 Å². The molecule has 0 aliphatic carbocycles. The Kier molecular flexibility index (Phi) is 8.43. The Hall–Kier alpha value is 0.580. The molecule has 0 unspecified atom stereocenters. The van der Waals surface area contributed by atoms with E-state index in [1.54, 1.807) is 0 Å². The molecule has 0 aromatic heterocycles. The second kappa shape index (κ2) is 9.02. The zero-order valence-electron chi connectivity index (χ0n) is 14.4. The van der Waals surface area contributed by atoms with E-state index in [0.29, 0.717) is 0 Å². The van der Waals surface area contributed by atoms with E-state index in [4.69, 9.17) is 12.6 Å². The third-order valence-corrected chi connectivity index (χ3v) is 4.00. The van der Waals surface area contributed by atoms with Crippen LogP contribution in [0.3, 0.4) is 0 Å². The van der Waals surface area contributed by atoms with Crippen LogP contribution in [-0.2, 0) is 0 Å². The van der Waals surface area contributed by atoms with Crippen molar-refractivity contribution in [2.45, 2.75) is 50.0 Å². The van der Waals surface area contributed by atoms with Crippen LogP contribution in [0, 0.1) is 0 Å². The zero-order valence-corrected chi connectivity index (χ0v) is 16.1. The highest BCUT2D eigenvalue weighted by molar-refractivity contribution is 7.82. The fraction of sp³-hybridized carbons (Fsp3) is 1.00. The molecule has 1 N–H and O–H groups in total. The molecular weight excluding hydrogens is 298 g/mol. The minimum atomic E-state index is 0.0587. The van der Waals surface area contributed by atoms with Crippen molar-refractivity contribution in [2.24, 2.45) is 0 Å². The Balaban J connectivity index is 2.29. The molecule has 126 valence electrons. The Morgan fingerprint density at radius 1 is 1.00 bits per heavy atom. The highest BCUT2D eigenvalue weighted by atomic mass is 32.1. The molecule has 1 fully saturated rings. The number of hydrogen-bond donors (Lipinski definition) is 3. The van der Waals surface area contributed by atoms with Crippen molar-refractivity contribution >= 4 is 25.3 Å². The first-order valence-corrected chi connectivity index (χ1v) is 9.15. The van der Waals surface area contributed by atoms with Gasteiger partial charge < -0.3 is 10.2 Å². The van der Waals surface area contributed by atoms with Crippen LogP contribution in [-0.4, -0.2) is 71.7 Å². The summed E-state index contributed by atoms with van der Waals surface area (Å²) in [6.45, 7) is 17.7. The van der Waals surface area contributed by atoms with Crippen molar-refractivity contribution in [1.82, 2.24) is 15.1 Å². The molecule has 1 saturated heterocycles. The van der Waals surface area contributed by atoms with Gasteiger partial charge in [0.1, 0.15) is 0 Å². The van der Waals surface area contributed by atoms with Crippen LogP contribution in [0.15, 0.2) is 0 Å². The average molecular weight is 334 g/mol. The monoisotopic (exact) mass is 333 g/mol. The maximum Gasteiger partial charge on any atom is 0.0200 e. The van der Waals surface area contributed by atoms with Crippen molar-refractivity contribution in [3.63, 3.8) is 0 Å². The zero-order chi connectivity index (χ0) is 15.9. The van der Waals surface area contributed by atoms with Gasteiger partial charge in [-0.15, -0.1) is 0 Å². The van der Waals surface area contributed by atoms with E-state index < -0.39 is 0 Å². The van der Waals surface area contributed by atoms with Gasteiger partial charge in [0, 0.05) is 48.8 Å². The minimum absolute atomic E-state index is 0.0587. The van der Waals surface area contributed by atoms with Crippen LogP contribution in [0.4, 0.5) is 0 Å². The maximum absolute atomic E-state index is 4.70. The standard InChI is InChI=1S/C16H35N3S2/c1-15(2,20)13-17-7-10-19(14-16(3,4)21)12-11-18-8-5-6-9-18/h17,20-21H,5-14H2,1-4H3. The fourth-order valence-corrected chi connectivity index (χ4v) is 3.05. The number of nitrogens with one attached hydrogen (secondary N) is 1. The predicted octanol–water partition coefficient (Wildman–Crippen LogP) is 2.39. The molecule has 0 atom stereocenters. The molecular formula is C16H35N3S2. The maximum atomic E-state index is 4.70. The van der Waals surface area contributed by atoms with Gasteiger partial charge in [-0.05, 0) is 53.6 Å². The van der Waals surface area contributed by atoms with Gasteiger partial charge in [0.15, 0.2) is 0 Å². The third kappa shape index (κ3) is 10.9. The largest absolute Gasteiger partial charge is 0.314 e. The fourth-order valence-electron chi connectivity index (χ4n) is 2.74. The molecule has 5 heteroatoms. The molecule has 1 aliphatic heterocycles. The van der Waals surface area contributed by atoms with Crippen LogP contribution < -0.4 is 5.32 Å². The number of rotatable bonds is 10. The second-order valence-corrected chi connectivity index (χ2v) is 10.0. The van der Waals surface area contributed by atoms with E-state index >= 15 is 0 Å². The van der Waals surface area contributed by atoms with Crippen LogP contribution in [0.25, 0.3) is 0 Å². The van der Waals surface area contributed by atoms with Crippen LogP contribution in [0.2, 0.25) is 0 Å². The third-order valence-electron chi connectivity index (χ3n) is 3.70. The summed E-state index contributed by atoms with van der Waals surface area (Å²) < 4.78 is 0.122. The van der Waals surface area contributed by atoms with E-state index in [1.165, 1.54) is 32.5 Å². The SMILES string of the molecule is CC(C)(S)CNCCN(CCN1CCCC1)CC(C)(C)S. The van der Waals surface area contributed by atoms with Gasteiger partial charge in [-0.1, -0.05) is 0 Å². The first kappa shape index (κ1) is 19.6. The summed E-state index contributed by atoms with van der Waals surface area (Å²) in [5.41, 5.74) is 0. The lowest BCUT2D eigenvalue weighted by atomic mass is 10.2. The minimum Gasteiger partial charge on any atom is -0.314 e. The Labute approximate surface area is 143 Å². The summed E-state index contributed by atoms with van der Waals surface area (Å²) in [6.07, 6.45) is 2.74. The first-order valence-electron chi connectivity index (χ1n) is 8.26. The Morgan fingerprint density at radius 2 is 1.62 bits per heavy atom. The lowest BCUT2D eigenvalue weighted by Crippen LogP contribution is -2.44. The highest BCUT2D eigenvalue weighted by Crippen LogP contribution is 2.14. The molecule has 0 saturated carbocycles. The second-order valence-electron chi connectivity index (χ2n) is 7.63. The summed E-state index contributed by atoms with van der Waals surface area (Å²) in [5.74, 6) is 0. The van der Waals surface area contributed by atoms with Gasteiger partial charge in [0.2, 0.25) is 0 Å².